The summed E-state index contributed by atoms with van der Waals surface area (Å²) in [5.41, 5.74) is -1.68. The van der Waals surface area contributed by atoms with E-state index in [-0.39, 0.29) is 41.2 Å². The number of ether oxygens (including phenoxy) is 1. The first-order chi connectivity index (χ1) is 13.5. The Morgan fingerprint density at radius 3 is 2.59 bits per heavy atom. The van der Waals surface area contributed by atoms with E-state index in [2.05, 4.69) is 6.92 Å². The summed E-state index contributed by atoms with van der Waals surface area (Å²) in [6, 6.07) is 0. The third-order valence-electron chi connectivity index (χ3n) is 8.67. The lowest BCUT2D eigenvalue weighted by molar-refractivity contribution is -0.173. The smallest absolute Gasteiger partial charge is 0.303 e. The van der Waals surface area contributed by atoms with Gasteiger partial charge in [0.2, 0.25) is 5.78 Å². The topological polar surface area (TPSA) is 97.7 Å². The van der Waals surface area contributed by atoms with Crippen molar-refractivity contribution in [2.45, 2.75) is 71.3 Å². The van der Waals surface area contributed by atoms with Crippen molar-refractivity contribution in [2.24, 2.45) is 28.6 Å². The maximum Gasteiger partial charge on any atom is 0.303 e. The number of fused-ring (bicyclic) bond motifs is 5. The van der Waals surface area contributed by atoms with Gasteiger partial charge in [-0.15, -0.1) is 0 Å². The van der Waals surface area contributed by atoms with Gasteiger partial charge in [0.15, 0.2) is 12.4 Å². The van der Waals surface area contributed by atoms with E-state index in [4.69, 9.17) is 4.74 Å². The molecule has 4 aliphatic carbocycles. The number of allylic oxidation sites excluding steroid dienone is 1. The van der Waals surface area contributed by atoms with Crippen LogP contribution in [0.4, 0.5) is 0 Å². The van der Waals surface area contributed by atoms with Gasteiger partial charge in [-0.3, -0.25) is 19.2 Å². The molecule has 6 nitrogen and oxygen atoms in total. The molecule has 0 aromatic carbocycles. The number of esters is 1. The molecule has 4 rings (SSSR count). The average molecular weight is 402 g/mol. The molecule has 0 aromatic rings. The fraction of sp³-hybridized carbons (Fsp3) is 0.739. The number of aliphatic hydroxyl groups is 1. The molecule has 29 heavy (non-hydrogen) atoms. The van der Waals surface area contributed by atoms with E-state index in [1.54, 1.807) is 6.08 Å². The summed E-state index contributed by atoms with van der Waals surface area (Å²) in [6.07, 6.45) is 5.66. The van der Waals surface area contributed by atoms with E-state index in [1.807, 2.05) is 6.92 Å². The summed E-state index contributed by atoms with van der Waals surface area (Å²) in [7, 11) is 0. The zero-order chi connectivity index (χ0) is 21.2. The Kier molecular flexibility index (Phi) is 4.65. The van der Waals surface area contributed by atoms with Gasteiger partial charge in [0, 0.05) is 31.1 Å². The van der Waals surface area contributed by atoms with Crippen LogP contribution >= 0.6 is 0 Å². The molecule has 0 aliphatic heterocycles. The minimum Gasteiger partial charge on any atom is -0.458 e. The van der Waals surface area contributed by atoms with Crippen molar-refractivity contribution in [3.8, 4) is 0 Å². The maximum atomic E-state index is 13.5. The minimum absolute atomic E-state index is 0.0625. The first-order valence-electron chi connectivity index (χ1n) is 10.7. The molecule has 0 spiro atoms. The fourth-order valence-corrected chi connectivity index (χ4v) is 7.13. The summed E-state index contributed by atoms with van der Waals surface area (Å²) in [6.45, 7) is 4.76. The average Bonchev–Trinajstić information content (AvgIpc) is 2.91. The highest BCUT2D eigenvalue weighted by molar-refractivity contribution is 5.95. The fourth-order valence-electron chi connectivity index (χ4n) is 7.13. The Labute approximate surface area is 171 Å². The molecule has 0 heterocycles. The Morgan fingerprint density at radius 1 is 1.17 bits per heavy atom. The highest BCUT2D eigenvalue weighted by Crippen LogP contribution is 2.66. The summed E-state index contributed by atoms with van der Waals surface area (Å²) >= 11 is 0. The molecule has 0 bridgehead atoms. The highest BCUT2D eigenvalue weighted by Gasteiger charge is 2.68. The zero-order valence-corrected chi connectivity index (χ0v) is 17.5. The molecule has 0 aromatic heterocycles. The lowest BCUT2D eigenvalue weighted by Gasteiger charge is -2.57. The molecular weight excluding hydrogens is 372 g/mol. The van der Waals surface area contributed by atoms with Crippen molar-refractivity contribution >= 4 is 23.3 Å². The molecule has 0 radical (unpaired) electrons. The molecule has 158 valence electrons. The lowest BCUT2D eigenvalue weighted by atomic mass is 9.46. The van der Waals surface area contributed by atoms with E-state index < -0.39 is 29.4 Å². The van der Waals surface area contributed by atoms with Gasteiger partial charge in [-0.2, -0.15) is 0 Å². The third kappa shape index (κ3) is 2.78. The highest BCUT2D eigenvalue weighted by atomic mass is 16.5. The Morgan fingerprint density at radius 2 is 1.90 bits per heavy atom. The van der Waals surface area contributed by atoms with E-state index in [0.29, 0.717) is 25.7 Å². The third-order valence-corrected chi connectivity index (χ3v) is 8.67. The van der Waals surface area contributed by atoms with Crippen LogP contribution < -0.4 is 0 Å². The molecule has 0 saturated heterocycles. The summed E-state index contributed by atoms with van der Waals surface area (Å²) in [5, 5.41) is 11.4. The molecule has 6 atom stereocenters. The largest absolute Gasteiger partial charge is 0.458 e. The molecule has 0 unspecified atom stereocenters. The van der Waals surface area contributed by atoms with Crippen molar-refractivity contribution in [1.29, 1.82) is 0 Å². The maximum absolute atomic E-state index is 13.5. The van der Waals surface area contributed by atoms with Crippen LogP contribution in [0.25, 0.3) is 0 Å². The summed E-state index contributed by atoms with van der Waals surface area (Å²) in [5.74, 6) is -0.811. The minimum atomic E-state index is -1.65. The van der Waals surface area contributed by atoms with Gasteiger partial charge in [0.1, 0.15) is 11.4 Å². The number of hydrogen-bond donors (Lipinski definition) is 1. The zero-order valence-electron chi connectivity index (χ0n) is 17.5. The first-order valence-corrected chi connectivity index (χ1v) is 10.7. The quantitative estimate of drug-likeness (QED) is 0.729. The Bertz CT molecular complexity index is 827. The van der Waals surface area contributed by atoms with E-state index in [1.165, 1.54) is 6.92 Å². The number of Topliss-reactive ketones (excluding diaryl/α,β-unsaturated/α-hetero) is 2. The van der Waals surface area contributed by atoms with Gasteiger partial charge in [-0.05, 0) is 55.4 Å². The Hall–Kier alpha value is -1.82. The Balaban J connectivity index is 1.66. The molecular formula is C23H30O6. The van der Waals surface area contributed by atoms with Crippen LogP contribution in [0.5, 0.6) is 0 Å². The van der Waals surface area contributed by atoms with Crippen molar-refractivity contribution in [1.82, 2.24) is 0 Å². The van der Waals surface area contributed by atoms with Gasteiger partial charge in [0.25, 0.3) is 0 Å². The summed E-state index contributed by atoms with van der Waals surface area (Å²) in [4.78, 5) is 49.4. The number of ketones is 3. The van der Waals surface area contributed by atoms with E-state index >= 15 is 0 Å². The van der Waals surface area contributed by atoms with Crippen molar-refractivity contribution < 1.29 is 29.0 Å². The van der Waals surface area contributed by atoms with Gasteiger partial charge in [-0.25, -0.2) is 0 Å². The number of rotatable bonds is 3. The van der Waals surface area contributed by atoms with Gasteiger partial charge < -0.3 is 9.84 Å². The normalized spacial score (nSPS) is 43.7. The number of carbonyl (C=O) groups is 4. The van der Waals surface area contributed by atoms with E-state index in [9.17, 15) is 24.3 Å². The van der Waals surface area contributed by atoms with Crippen LogP contribution in [0.2, 0.25) is 0 Å². The van der Waals surface area contributed by atoms with Crippen LogP contribution in [0.1, 0.15) is 65.7 Å². The van der Waals surface area contributed by atoms with Crippen LogP contribution in [0, 0.1) is 28.6 Å². The number of carbonyl (C=O) groups excluding carboxylic acids is 4. The van der Waals surface area contributed by atoms with Crippen molar-refractivity contribution in [3.63, 3.8) is 0 Å². The molecule has 4 aliphatic rings. The molecule has 1 N–H and O–H groups in total. The van der Waals surface area contributed by atoms with Gasteiger partial charge in [-0.1, -0.05) is 19.4 Å². The SMILES string of the molecule is CC(=O)OCC(=O)[C@]1(O)CC[C@H]2[C@@H]3CCC4=CC(=O)CC[C@]4(C)[C@@H]3C(=O)C[C@@]21C. The molecule has 3 fully saturated rings. The van der Waals surface area contributed by atoms with Crippen LogP contribution in [-0.2, 0) is 23.9 Å². The standard InChI is InChI=1S/C23H30O6/c1-13(24)29-12-19(27)23(28)9-7-17-16-5-4-14-10-15(25)6-8-21(14,2)20(16)18(26)11-22(17,23)3/h10,16-17,20,28H,4-9,11-12H2,1-3H3/t16-,17-,20-,21-,22-,23+/m0/s1. The predicted octanol–water partition coefficient (Wildman–Crippen LogP) is 2.56. The predicted molar refractivity (Wildman–Crippen MR) is 104 cm³/mol. The molecule has 6 heteroatoms. The van der Waals surface area contributed by atoms with E-state index in [0.717, 1.165) is 18.4 Å². The first kappa shape index (κ1) is 20.5. The van der Waals surface area contributed by atoms with Crippen LogP contribution in [0.15, 0.2) is 11.6 Å². The van der Waals surface area contributed by atoms with Crippen LogP contribution in [-0.4, -0.2) is 40.6 Å². The van der Waals surface area contributed by atoms with Crippen molar-refractivity contribution in [2.75, 3.05) is 6.61 Å². The van der Waals surface area contributed by atoms with Gasteiger partial charge in [0.05, 0.1) is 0 Å². The molecule has 3 saturated carbocycles. The number of hydrogen-bond acceptors (Lipinski definition) is 6. The van der Waals surface area contributed by atoms with Crippen molar-refractivity contribution in [3.05, 3.63) is 11.6 Å². The van der Waals surface area contributed by atoms with Crippen LogP contribution in [0.3, 0.4) is 0 Å². The monoisotopic (exact) mass is 402 g/mol. The lowest BCUT2D eigenvalue weighted by Crippen LogP contribution is -2.61. The molecule has 0 amide bonds. The van der Waals surface area contributed by atoms with Gasteiger partial charge >= 0.3 is 5.97 Å². The second-order valence-corrected chi connectivity index (χ2v) is 10.0. The summed E-state index contributed by atoms with van der Waals surface area (Å²) < 4.78 is 4.86. The second kappa shape index (κ2) is 6.59. The second-order valence-electron chi connectivity index (χ2n) is 10.0.